The van der Waals surface area contributed by atoms with E-state index < -0.39 is 11.4 Å². The lowest BCUT2D eigenvalue weighted by molar-refractivity contribution is -0.127. The van der Waals surface area contributed by atoms with Crippen molar-refractivity contribution in [2.24, 2.45) is 0 Å². The van der Waals surface area contributed by atoms with Crippen LogP contribution >= 0.6 is 0 Å². The van der Waals surface area contributed by atoms with Crippen LogP contribution in [0.15, 0.2) is 12.4 Å². The summed E-state index contributed by atoms with van der Waals surface area (Å²) in [6.07, 6.45) is 3.56. The number of nitrogens with two attached hydrogens (primary N) is 1. The number of hydrogen-bond acceptors (Lipinski definition) is 9. The van der Waals surface area contributed by atoms with Gasteiger partial charge in [0.25, 0.3) is 0 Å². The molecule has 10 nitrogen and oxygen atoms in total. The second-order valence-corrected chi connectivity index (χ2v) is 7.84. The molecule has 0 bridgehead atoms. The van der Waals surface area contributed by atoms with Crippen molar-refractivity contribution in [1.29, 1.82) is 0 Å². The molecule has 1 amide bonds. The van der Waals surface area contributed by atoms with Gasteiger partial charge >= 0.3 is 0 Å². The van der Waals surface area contributed by atoms with Crippen molar-refractivity contribution >= 4 is 23.6 Å². The van der Waals surface area contributed by atoms with Crippen LogP contribution in [-0.4, -0.2) is 75.7 Å². The molecule has 2 fully saturated rings. The summed E-state index contributed by atoms with van der Waals surface area (Å²) in [5, 5.41) is 3.23. The van der Waals surface area contributed by atoms with E-state index in [4.69, 9.17) is 10.5 Å². The normalized spacial score (nSPS) is 21.7. The molecule has 1 atom stereocenters. The van der Waals surface area contributed by atoms with Crippen LogP contribution in [0, 0.1) is 5.82 Å². The maximum atomic E-state index is 15.5. The molecule has 2 aromatic rings. The topological polar surface area (TPSA) is 122 Å². The van der Waals surface area contributed by atoms with E-state index in [1.54, 1.807) is 4.90 Å². The van der Waals surface area contributed by atoms with E-state index in [1.807, 2.05) is 11.8 Å². The maximum Gasteiger partial charge on any atom is 0.228 e. The quantitative estimate of drug-likeness (QED) is 0.749. The van der Waals surface area contributed by atoms with Crippen molar-refractivity contribution in [3.8, 4) is 11.3 Å². The van der Waals surface area contributed by atoms with Gasteiger partial charge in [-0.15, -0.1) is 0 Å². The average Bonchev–Trinajstić information content (AvgIpc) is 3.13. The lowest BCUT2D eigenvalue weighted by Crippen LogP contribution is -2.41. The van der Waals surface area contributed by atoms with Gasteiger partial charge in [0, 0.05) is 51.1 Å². The molecule has 2 aromatic heterocycles. The lowest BCUT2D eigenvalue weighted by Gasteiger charge is -2.30. The molecule has 11 heteroatoms. The van der Waals surface area contributed by atoms with Crippen molar-refractivity contribution in [1.82, 2.24) is 24.8 Å². The van der Waals surface area contributed by atoms with Crippen molar-refractivity contribution in [3.05, 3.63) is 18.2 Å². The van der Waals surface area contributed by atoms with Crippen molar-refractivity contribution < 1.29 is 13.9 Å². The summed E-state index contributed by atoms with van der Waals surface area (Å²) in [5.41, 5.74) is 5.57. The minimum atomic E-state index is -0.595. The number of nitrogen functional groups attached to an aromatic ring is 1. The Morgan fingerprint density at radius 2 is 1.93 bits per heavy atom. The van der Waals surface area contributed by atoms with Crippen LogP contribution in [0.25, 0.3) is 11.3 Å². The van der Waals surface area contributed by atoms with Gasteiger partial charge in [0.1, 0.15) is 5.69 Å². The predicted octanol–water partition coefficient (Wildman–Crippen LogP) is 0.914. The van der Waals surface area contributed by atoms with Crippen LogP contribution < -0.4 is 16.0 Å². The van der Waals surface area contributed by atoms with Gasteiger partial charge in [-0.25, -0.2) is 19.3 Å². The Hall–Kier alpha value is -3.08. The van der Waals surface area contributed by atoms with Gasteiger partial charge < -0.3 is 25.6 Å². The Morgan fingerprint density at radius 3 is 2.57 bits per heavy atom. The van der Waals surface area contributed by atoms with Gasteiger partial charge in [-0.05, 0) is 13.3 Å². The number of nitrogens with zero attached hydrogens (tertiary/aromatic N) is 6. The highest BCUT2D eigenvalue weighted by Crippen LogP contribution is 2.31. The monoisotopic (exact) mass is 416 g/mol. The van der Waals surface area contributed by atoms with Crippen LogP contribution in [0.5, 0.6) is 0 Å². The molecular formula is C19H25FN8O2. The van der Waals surface area contributed by atoms with E-state index in [-0.39, 0.29) is 23.4 Å². The van der Waals surface area contributed by atoms with Gasteiger partial charge in [0.15, 0.2) is 11.6 Å². The standard InChI is InChI=1S/C19H25FN8O2/c1-12(29)28-4-3-19(2,11-28)26-16-14(20)15(13-9-22-17(21)23-10-13)24-18(25-16)27-5-7-30-8-6-27/h9-10H,3-8,11H2,1-2H3,(H2,21,22,23)(H,24,25,26)/t19-/m0/s1. The Morgan fingerprint density at radius 1 is 1.23 bits per heavy atom. The number of carbonyl (C=O) groups excluding carboxylic acids is 1. The van der Waals surface area contributed by atoms with Gasteiger partial charge in [0.2, 0.25) is 17.8 Å². The van der Waals surface area contributed by atoms with E-state index in [0.29, 0.717) is 57.3 Å². The summed E-state index contributed by atoms with van der Waals surface area (Å²) >= 11 is 0. The first-order valence-electron chi connectivity index (χ1n) is 9.86. The number of amides is 1. The first kappa shape index (κ1) is 20.2. The summed E-state index contributed by atoms with van der Waals surface area (Å²) in [5.74, 6) is -0.00620. The Balaban J connectivity index is 1.72. The van der Waals surface area contributed by atoms with E-state index in [0.717, 1.165) is 0 Å². The summed E-state index contributed by atoms with van der Waals surface area (Å²) in [4.78, 5) is 32.3. The van der Waals surface area contributed by atoms with Gasteiger partial charge in [-0.2, -0.15) is 4.98 Å². The van der Waals surface area contributed by atoms with E-state index in [9.17, 15) is 4.79 Å². The number of carbonyl (C=O) groups is 1. The second kappa shape index (κ2) is 7.98. The van der Waals surface area contributed by atoms with Gasteiger partial charge in [-0.1, -0.05) is 0 Å². The van der Waals surface area contributed by atoms with Gasteiger partial charge in [0.05, 0.1) is 18.8 Å². The highest BCUT2D eigenvalue weighted by atomic mass is 19.1. The van der Waals surface area contributed by atoms with Crippen LogP contribution in [0.1, 0.15) is 20.3 Å². The zero-order chi connectivity index (χ0) is 21.3. The fraction of sp³-hybridized carbons (Fsp3) is 0.526. The molecule has 160 valence electrons. The molecular weight excluding hydrogens is 391 g/mol. The minimum absolute atomic E-state index is 0.00241. The molecule has 0 spiro atoms. The number of morpholine rings is 1. The van der Waals surface area contributed by atoms with Crippen molar-refractivity contribution in [3.63, 3.8) is 0 Å². The Kier molecular flexibility index (Phi) is 5.37. The van der Waals surface area contributed by atoms with E-state index >= 15 is 4.39 Å². The molecule has 0 unspecified atom stereocenters. The summed E-state index contributed by atoms with van der Waals surface area (Å²) in [6, 6.07) is 0. The van der Waals surface area contributed by atoms with Crippen molar-refractivity contribution in [2.45, 2.75) is 25.8 Å². The minimum Gasteiger partial charge on any atom is -0.378 e. The first-order chi connectivity index (χ1) is 14.3. The SMILES string of the molecule is CC(=O)N1CC[C@](C)(Nc2nc(N3CCOCC3)nc(-c3cnc(N)nc3)c2F)C1. The fourth-order valence-electron chi connectivity index (χ4n) is 3.69. The average molecular weight is 416 g/mol. The van der Waals surface area contributed by atoms with E-state index in [2.05, 4.69) is 25.3 Å². The Labute approximate surface area is 173 Å². The molecule has 0 radical (unpaired) electrons. The summed E-state index contributed by atoms with van der Waals surface area (Å²) in [7, 11) is 0. The number of anilines is 3. The van der Waals surface area contributed by atoms with Crippen molar-refractivity contribution in [2.75, 3.05) is 55.3 Å². The second-order valence-electron chi connectivity index (χ2n) is 7.84. The van der Waals surface area contributed by atoms with Crippen LogP contribution in [0.4, 0.5) is 22.1 Å². The molecule has 0 saturated carbocycles. The number of nitrogens with one attached hydrogen (secondary N) is 1. The number of likely N-dealkylation sites (tertiary alicyclic amines) is 1. The van der Waals surface area contributed by atoms with Crippen LogP contribution in [-0.2, 0) is 9.53 Å². The first-order valence-corrected chi connectivity index (χ1v) is 9.86. The van der Waals surface area contributed by atoms with Crippen LogP contribution in [0.2, 0.25) is 0 Å². The molecule has 4 rings (SSSR count). The third-order valence-corrected chi connectivity index (χ3v) is 5.42. The molecule has 2 aliphatic rings. The maximum absolute atomic E-state index is 15.5. The fourth-order valence-corrected chi connectivity index (χ4v) is 3.69. The van der Waals surface area contributed by atoms with Crippen LogP contribution in [0.3, 0.4) is 0 Å². The molecule has 3 N–H and O–H groups in total. The number of hydrogen-bond donors (Lipinski definition) is 2. The molecule has 2 saturated heterocycles. The number of ether oxygens (including phenoxy) is 1. The molecule has 4 heterocycles. The summed E-state index contributed by atoms with van der Waals surface area (Å²) in [6.45, 7) is 6.89. The Bertz CT molecular complexity index is 935. The third-order valence-electron chi connectivity index (χ3n) is 5.42. The highest BCUT2D eigenvalue weighted by Gasteiger charge is 2.36. The predicted molar refractivity (Wildman–Crippen MR) is 109 cm³/mol. The number of aromatic nitrogens is 4. The molecule has 2 aliphatic heterocycles. The molecule has 0 aromatic carbocycles. The van der Waals surface area contributed by atoms with E-state index in [1.165, 1.54) is 19.3 Å². The molecule has 0 aliphatic carbocycles. The zero-order valence-electron chi connectivity index (χ0n) is 17.1. The number of halogens is 1. The zero-order valence-corrected chi connectivity index (χ0v) is 17.1. The number of rotatable bonds is 4. The lowest BCUT2D eigenvalue weighted by atomic mass is 10.0. The van der Waals surface area contributed by atoms with Gasteiger partial charge in [-0.3, -0.25) is 4.79 Å². The molecule has 30 heavy (non-hydrogen) atoms. The smallest absolute Gasteiger partial charge is 0.228 e. The highest BCUT2D eigenvalue weighted by molar-refractivity contribution is 5.74. The largest absolute Gasteiger partial charge is 0.378 e. The third kappa shape index (κ3) is 4.11. The summed E-state index contributed by atoms with van der Waals surface area (Å²) < 4.78 is 20.9.